The third-order valence-corrected chi connectivity index (χ3v) is 6.20. The van der Waals surface area contributed by atoms with Crippen LogP contribution < -0.4 is 10.1 Å². The highest BCUT2D eigenvalue weighted by Crippen LogP contribution is 2.30. The van der Waals surface area contributed by atoms with Crippen LogP contribution in [0.15, 0.2) is 50.1 Å². The third-order valence-electron chi connectivity index (χ3n) is 5.41. The Morgan fingerprint density at radius 1 is 1.31 bits per heavy atom. The van der Waals surface area contributed by atoms with E-state index in [2.05, 4.69) is 43.6 Å². The minimum atomic E-state index is -0.809. The molecule has 0 unspecified atom stereocenters. The summed E-state index contributed by atoms with van der Waals surface area (Å²) in [4.78, 5) is 19.6. The Hall–Kier alpha value is -3.69. The van der Waals surface area contributed by atoms with E-state index in [0.717, 1.165) is 13.1 Å². The smallest absolute Gasteiger partial charge is 0.194 e. The molecule has 3 rings (SSSR count). The summed E-state index contributed by atoms with van der Waals surface area (Å²) in [6, 6.07) is 4.83. The molecule has 9 nitrogen and oxygen atoms in total. The van der Waals surface area contributed by atoms with Gasteiger partial charge in [-0.25, -0.2) is 18.8 Å². The zero-order valence-electron chi connectivity index (χ0n) is 20.2. The molecule has 1 fully saturated rings. The van der Waals surface area contributed by atoms with Crippen LogP contribution in [0.1, 0.15) is 5.69 Å². The van der Waals surface area contributed by atoms with Crippen molar-refractivity contribution in [2.45, 2.75) is 6.92 Å². The highest BCUT2D eigenvalue weighted by molar-refractivity contribution is 8.03. The number of nitrogens with one attached hydrogen (secondary N) is 2. The number of aromatic nitrogens is 1. The fourth-order valence-electron chi connectivity index (χ4n) is 3.54. The van der Waals surface area contributed by atoms with E-state index in [0.29, 0.717) is 46.7 Å². The zero-order valence-corrected chi connectivity index (χ0v) is 21.0. The topological polar surface area (TPSA) is 104 Å². The van der Waals surface area contributed by atoms with Gasteiger partial charge < -0.3 is 24.8 Å². The van der Waals surface area contributed by atoms with Crippen LogP contribution in [0.5, 0.6) is 5.75 Å². The Bertz CT molecular complexity index is 1240. The van der Waals surface area contributed by atoms with Crippen LogP contribution in [0.3, 0.4) is 0 Å². The summed E-state index contributed by atoms with van der Waals surface area (Å²) in [6.45, 7) is 11.5. The number of ether oxygens (including phenoxy) is 1. The lowest BCUT2D eigenvalue weighted by atomic mass is 10.2. The molecular weight excluding hydrogens is 486 g/mol. The van der Waals surface area contributed by atoms with E-state index in [1.807, 2.05) is 18.0 Å². The number of allylic oxidation sites excluding steroid dienone is 1. The van der Waals surface area contributed by atoms with Crippen LogP contribution in [0.2, 0.25) is 0 Å². The van der Waals surface area contributed by atoms with Gasteiger partial charge in [-0.2, -0.15) is 5.26 Å². The molecule has 0 aliphatic carbocycles. The standard InChI is InChI=1S/C24H28F2N8OS/c1-16-9-18-20(32-16)10-19(25)24(23(18)26)35-14-30-22(34-7-5-33(4)6-8-34)11-21(29-3)31-15-36-17(12-27)13-28-2/h9-11,13,31-32H,2-3,5-8,14-15H2,1,4H3/b17-13-,21-11+,30-22+. The van der Waals surface area contributed by atoms with Gasteiger partial charge in [0.25, 0.3) is 0 Å². The maximum absolute atomic E-state index is 14.9. The van der Waals surface area contributed by atoms with Crippen LogP contribution in [0, 0.1) is 29.9 Å². The molecule has 1 aliphatic rings. The van der Waals surface area contributed by atoms with Crippen molar-refractivity contribution in [3.05, 3.63) is 52.5 Å². The second kappa shape index (κ2) is 12.9. The number of fused-ring (bicyclic) bond motifs is 1. The van der Waals surface area contributed by atoms with Crippen molar-refractivity contribution >= 4 is 41.9 Å². The molecule has 2 aromatic rings. The normalized spacial score (nSPS) is 15.6. The van der Waals surface area contributed by atoms with Crippen LogP contribution >= 0.6 is 11.8 Å². The van der Waals surface area contributed by atoms with Gasteiger partial charge in [-0.1, -0.05) is 11.8 Å². The first-order valence-corrected chi connectivity index (χ1v) is 12.0. The minimum absolute atomic E-state index is 0.254. The van der Waals surface area contributed by atoms with Gasteiger partial charge in [0.15, 0.2) is 24.1 Å². The molecule has 1 aliphatic heterocycles. The van der Waals surface area contributed by atoms with E-state index in [4.69, 9.17) is 10.00 Å². The van der Waals surface area contributed by atoms with Gasteiger partial charge in [0.2, 0.25) is 0 Å². The van der Waals surface area contributed by atoms with Crippen LogP contribution in [-0.4, -0.2) is 79.9 Å². The average Bonchev–Trinajstić information content (AvgIpc) is 3.24. The second-order valence-electron chi connectivity index (χ2n) is 7.94. The molecule has 12 heteroatoms. The SMILES string of the molecule is C=N/C=C(/C#N)SCN/C(=C/C(=N\COc1c(F)cc2[nH]c(C)cc2c1F)N1CCN(C)CC1)N=C. The van der Waals surface area contributed by atoms with Gasteiger partial charge in [-0.3, -0.25) is 4.99 Å². The van der Waals surface area contributed by atoms with Crippen LogP contribution in [0.25, 0.3) is 10.9 Å². The molecule has 1 saturated heterocycles. The lowest BCUT2D eigenvalue weighted by molar-refractivity contribution is 0.214. The molecule has 1 aromatic heterocycles. The number of nitrogens with zero attached hydrogens (tertiary/aromatic N) is 6. The van der Waals surface area contributed by atoms with E-state index >= 15 is 0 Å². The van der Waals surface area contributed by atoms with Crippen molar-refractivity contribution in [3.8, 4) is 11.8 Å². The number of aryl methyl sites for hydroxylation is 1. The van der Waals surface area contributed by atoms with E-state index in [9.17, 15) is 8.78 Å². The molecule has 2 heterocycles. The Morgan fingerprint density at radius 2 is 2.06 bits per heavy atom. The molecular formula is C24H28F2N8OS. The summed E-state index contributed by atoms with van der Waals surface area (Å²) in [6.07, 6.45) is 3.06. The molecule has 0 atom stereocenters. The summed E-state index contributed by atoms with van der Waals surface area (Å²) in [5.41, 5.74) is 1.08. The van der Waals surface area contributed by atoms with Crippen molar-refractivity contribution in [1.82, 2.24) is 20.1 Å². The van der Waals surface area contributed by atoms with E-state index < -0.39 is 17.4 Å². The number of hydrogen-bond acceptors (Lipinski definition) is 8. The quantitative estimate of drug-likeness (QED) is 0.217. The van der Waals surface area contributed by atoms with Crippen molar-refractivity contribution in [2.75, 3.05) is 45.8 Å². The summed E-state index contributed by atoms with van der Waals surface area (Å²) in [5, 5.41) is 12.4. The third kappa shape index (κ3) is 6.93. The number of thioether (sulfide) groups is 1. The van der Waals surface area contributed by atoms with Crippen LogP contribution in [0.4, 0.5) is 8.78 Å². The van der Waals surface area contributed by atoms with E-state index in [-0.39, 0.29) is 12.1 Å². The summed E-state index contributed by atoms with van der Waals surface area (Å²) in [5.74, 6) is -0.772. The van der Waals surface area contributed by atoms with Crippen molar-refractivity contribution in [3.63, 3.8) is 0 Å². The Kier molecular flexibility index (Phi) is 9.61. The molecule has 0 saturated carbocycles. The van der Waals surface area contributed by atoms with Crippen molar-refractivity contribution in [2.24, 2.45) is 15.0 Å². The Labute approximate surface area is 212 Å². The number of nitriles is 1. The fourth-order valence-corrected chi connectivity index (χ4v) is 4.13. The first-order chi connectivity index (χ1) is 17.4. The zero-order chi connectivity index (χ0) is 26.1. The van der Waals surface area contributed by atoms with Crippen molar-refractivity contribution in [1.29, 1.82) is 5.26 Å². The van der Waals surface area contributed by atoms with Gasteiger partial charge >= 0.3 is 0 Å². The molecule has 0 spiro atoms. The summed E-state index contributed by atoms with van der Waals surface area (Å²) in [7, 11) is 2.03. The number of aliphatic imine (C=N–C) groups is 3. The summed E-state index contributed by atoms with van der Waals surface area (Å²) < 4.78 is 34.9. The predicted molar refractivity (Wildman–Crippen MR) is 141 cm³/mol. The first kappa shape index (κ1) is 26.9. The van der Waals surface area contributed by atoms with Gasteiger partial charge in [-0.15, -0.1) is 0 Å². The van der Waals surface area contributed by atoms with E-state index in [1.54, 1.807) is 19.1 Å². The monoisotopic (exact) mass is 514 g/mol. The van der Waals surface area contributed by atoms with Crippen LogP contribution in [-0.2, 0) is 0 Å². The molecule has 2 N–H and O–H groups in total. The van der Waals surface area contributed by atoms with E-state index in [1.165, 1.54) is 24.0 Å². The number of aromatic amines is 1. The minimum Gasteiger partial charge on any atom is -0.465 e. The molecule has 0 radical (unpaired) electrons. The lowest BCUT2D eigenvalue weighted by Gasteiger charge is -2.33. The number of H-pyrrole nitrogens is 1. The lowest BCUT2D eigenvalue weighted by Crippen LogP contribution is -2.47. The number of benzene rings is 1. The number of hydrogen-bond donors (Lipinski definition) is 2. The molecule has 1 aromatic carbocycles. The maximum Gasteiger partial charge on any atom is 0.194 e. The molecule has 36 heavy (non-hydrogen) atoms. The molecule has 190 valence electrons. The van der Waals surface area contributed by atoms with Gasteiger partial charge in [0, 0.05) is 49.4 Å². The molecule has 0 bridgehead atoms. The average molecular weight is 515 g/mol. The number of likely N-dealkylation sites (N-methyl/N-ethyl adjacent to an activating group) is 1. The van der Waals surface area contributed by atoms with Crippen molar-refractivity contribution < 1.29 is 13.5 Å². The van der Waals surface area contributed by atoms with Gasteiger partial charge in [-0.05, 0) is 33.5 Å². The second-order valence-corrected chi connectivity index (χ2v) is 8.95. The number of rotatable bonds is 10. The highest BCUT2D eigenvalue weighted by atomic mass is 32.2. The highest BCUT2D eigenvalue weighted by Gasteiger charge is 2.19. The Balaban J connectivity index is 1.79. The number of amidine groups is 1. The fraction of sp³-hybridized carbons (Fsp3) is 0.333. The number of halogens is 2. The Morgan fingerprint density at radius 3 is 2.72 bits per heavy atom. The van der Waals surface area contributed by atoms with Gasteiger partial charge in [0.05, 0.1) is 17.6 Å². The first-order valence-electron chi connectivity index (χ1n) is 11.1. The molecule has 0 amide bonds. The summed E-state index contributed by atoms with van der Waals surface area (Å²) >= 11 is 1.23. The number of piperazine rings is 1. The predicted octanol–water partition coefficient (Wildman–Crippen LogP) is 3.62. The largest absolute Gasteiger partial charge is 0.465 e. The van der Waals surface area contributed by atoms with Gasteiger partial charge in [0.1, 0.15) is 22.6 Å². The maximum atomic E-state index is 14.9.